The number of carbonyl (C=O) groups excluding carboxylic acids is 1. The van der Waals surface area contributed by atoms with Crippen molar-refractivity contribution in [2.45, 2.75) is 62.2 Å². The first-order chi connectivity index (χ1) is 28.3. The van der Waals surface area contributed by atoms with Gasteiger partial charge in [0.15, 0.2) is 0 Å². The number of aryl methyl sites for hydroxylation is 6. The summed E-state index contributed by atoms with van der Waals surface area (Å²) >= 11 is 0. The highest BCUT2D eigenvalue weighted by molar-refractivity contribution is 7.93. The van der Waals surface area contributed by atoms with E-state index in [2.05, 4.69) is 9.44 Å². The molecule has 12 heteroatoms. The molecule has 0 bridgehead atoms. The van der Waals surface area contributed by atoms with E-state index in [-0.39, 0.29) is 15.8 Å². The Morgan fingerprint density at radius 2 is 0.831 bits per heavy atom. The lowest BCUT2D eigenvalue weighted by Crippen LogP contribution is -2.14. The predicted molar refractivity (Wildman–Crippen MR) is 232 cm³/mol. The summed E-state index contributed by atoms with van der Waals surface area (Å²) in [4.78, 5) is 23.7. The highest BCUT2D eigenvalue weighted by Gasteiger charge is 2.18. The standard InChI is InChI=1S/C24H25NO4S.C23H23NO4S/c1-18-14-16-21(17-15-18)30(27,28)25-23-13-6-4-9-20(23)11-7-10-19-8-3-5-12-22(19)24(26)29-2;1-17-13-15-20(16-14-17)29(27,28)24-22-12-5-3-8-19(22)10-6-9-18-7-2-4-11-21(18)23(25)26/h3-6,8-9,12-17,25H,7,10-11H2,1-2H3;2-5,7-8,11-16,24H,6,9-10H2,1H3,(H,25,26). The summed E-state index contributed by atoms with van der Waals surface area (Å²) < 4.78 is 61.1. The second-order valence-electron chi connectivity index (χ2n) is 14.0. The van der Waals surface area contributed by atoms with Crippen molar-refractivity contribution in [2.75, 3.05) is 16.6 Å². The maximum atomic E-state index is 12.8. The van der Waals surface area contributed by atoms with E-state index < -0.39 is 26.0 Å². The van der Waals surface area contributed by atoms with Gasteiger partial charge in [-0.05, 0) is 123 Å². The molecule has 0 spiro atoms. The molecular weight excluding hydrogens is 785 g/mol. The molecule has 0 unspecified atom stereocenters. The van der Waals surface area contributed by atoms with Crippen LogP contribution in [0.25, 0.3) is 0 Å². The largest absolute Gasteiger partial charge is 0.478 e. The number of carboxylic acid groups (broad SMARTS) is 1. The summed E-state index contributed by atoms with van der Waals surface area (Å²) in [5.74, 6) is -1.29. The summed E-state index contributed by atoms with van der Waals surface area (Å²) in [6, 6.07) is 42.4. The lowest BCUT2D eigenvalue weighted by atomic mass is 9.99. The number of para-hydroxylation sites is 2. The van der Waals surface area contributed by atoms with Gasteiger partial charge in [0.1, 0.15) is 0 Å². The van der Waals surface area contributed by atoms with Gasteiger partial charge in [0.05, 0.1) is 39.4 Å². The van der Waals surface area contributed by atoms with E-state index >= 15 is 0 Å². The van der Waals surface area contributed by atoms with Crippen molar-refractivity contribution in [3.8, 4) is 0 Å². The van der Waals surface area contributed by atoms with Crippen LogP contribution in [0.15, 0.2) is 155 Å². The molecule has 0 radical (unpaired) electrons. The predicted octanol–water partition coefficient (Wildman–Crippen LogP) is 9.43. The SMILES string of the molecule is COC(=O)c1ccccc1CCCc1ccccc1NS(=O)(=O)c1ccc(C)cc1.Cc1ccc(S(=O)(=O)Nc2ccccc2CCCc2ccccc2C(=O)O)cc1. The number of esters is 1. The number of nitrogens with one attached hydrogen (secondary N) is 2. The van der Waals surface area contributed by atoms with Crippen LogP contribution in [0.5, 0.6) is 0 Å². The third-order valence-corrected chi connectivity index (χ3v) is 12.4. The van der Waals surface area contributed by atoms with E-state index in [9.17, 15) is 31.5 Å². The summed E-state index contributed by atoms with van der Waals surface area (Å²) in [5, 5.41) is 9.30. The Hall–Kier alpha value is -6.24. The Morgan fingerprint density at radius 3 is 1.24 bits per heavy atom. The third-order valence-electron chi connectivity index (χ3n) is 9.64. The van der Waals surface area contributed by atoms with Gasteiger partial charge in [-0.25, -0.2) is 26.4 Å². The molecule has 0 heterocycles. The number of carboxylic acids is 1. The van der Waals surface area contributed by atoms with Crippen LogP contribution in [0.4, 0.5) is 11.4 Å². The molecule has 0 aliphatic carbocycles. The highest BCUT2D eigenvalue weighted by atomic mass is 32.2. The molecule has 306 valence electrons. The molecule has 0 fully saturated rings. The normalized spacial score (nSPS) is 11.2. The molecule has 6 aromatic rings. The fraction of sp³-hybridized carbons (Fsp3) is 0.191. The first-order valence-electron chi connectivity index (χ1n) is 19.1. The minimum absolute atomic E-state index is 0.216. The maximum absolute atomic E-state index is 12.8. The number of rotatable bonds is 16. The topological polar surface area (TPSA) is 156 Å². The average molecular weight is 833 g/mol. The number of sulfonamides is 2. The number of aromatic carboxylic acids is 1. The van der Waals surface area contributed by atoms with Gasteiger partial charge in [-0.2, -0.15) is 0 Å². The van der Waals surface area contributed by atoms with Gasteiger partial charge in [-0.1, -0.05) is 108 Å². The molecule has 6 aromatic carbocycles. The smallest absolute Gasteiger partial charge is 0.338 e. The van der Waals surface area contributed by atoms with E-state index in [1.54, 1.807) is 84.9 Å². The Bertz CT molecular complexity index is 2590. The van der Waals surface area contributed by atoms with Crippen molar-refractivity contribution in [1.82, 2.24) is 0 Å². The molecule has 0 aromatic heterocycles. The molecule has 0 amide bonds. The molecule has 0 aliphatic heterocycles. The molecule has 59 heavy (non-hydrogen) atoms. The van der Waals surface area contributed by atoms with E-state index in [4.69, 9.17) is 4.74 Å². The molecule has 3 N–H and O–H groups in total. The fourth-order valence-electron chi connectivity index (χ4n) is 6.45. The van der Waals surface area contributed by atoms with Gasteiger partial charge in [0, 0.05) is 0 Å². The molecule has 6 rings (SSSR count). The fourth-order valence-corrected chi connectivity index (χ4v) is 8.65. The lowest BCUT2D eigenvalue weighted by Gasteiger charge is -2.13. The summed E-state index contributed by atoms with van der Waals surface area (Å²) in [6.45, 7) is 3.82. The molecular formula is C47H48N2O8S2. The van der Waals surface area contributed by atoms with Crippen LogP contribution in [0.1, 0.15) is 66.9 Å². The van der Waals surface area contributed by atoms with E-state index in [1.165, 1.54) is 7.11 Å². The van der Waals surface area contributed by atoms with E-state index in [0.29, 0.717) is 54.6 Å². The van der Waals surface area contributed by atoms with Crippen LogP contribution >= 0.6 is 0 Å². The Kier molecular flexibility index (Phi) is 15.2. The van der Waals surface area contributed by atoms with Crippen molar-refractivity contribution >= 4 is 43.4 Å². The molecule has 10 nitrogen and oxygen atoms in total. The Balaban J connectivity index is 0.000000224. The average Bonchev–Trinajstić information content (AvgIpc) is 3.22. The van der Waals surface area contributed by atoms with Crippen LogP contribution in [0, 0.1) is 13.8 Å². The van der Waals surface area contributed by atoms with Gasteiger partial charge < -0.3 is 9.84 Å². The van der Waals surface area contributed by atoms with E-state index in [1.807, 2.05) is 74.5 Å². The van der Waals surface area contributed by atoms with Crippen molar-refractivity contribution < 1.29 is 36.3 Å². The first kappa shape index (κ1) is 43.9. The van der Waals surface area contributed by atoms with Crippen LogP contribution in [-0.2, 0) is 50.5 Å². The van der Waals surface area contributed by atoms with E-state index in [0.717, 1.165) is 39.8 Å². The Morgan fingerprint density at radius 1 is 0.492 bits per heavy atom. The lowest BCUT2D eigenvalue weighted by molar-refractivity contribution is 0.0598. The number of carbonyl (C=O) groups is 2. The van der Waals surface area contributed by atoms with Crippen molar-refractivity contribution in [3.05, 3.63) is 190 Å². The minimum Gasteiger partial charge on any atom is -0.478 e. The third kappa shape index (κ3) is 12.4. The van der Waals surface area contributed by atoms with Gasteiger partial charge in [0.25, 0.3) is 20.0 Å². The van der Waals surface area contributed by atoms with Crippen LogP contribution < -0.4 is 9.44 Å². The van der Waals surface area contributed by atoms with Crippen molar-refractivity contribution in [2.24, 2.45) is 0 Å². The quantitative estimate of drug-likeness (QED) is 0.0815. The molecule has 0 atom stereocenters. The molecule has 0 aliphatic rings. The Labute approximate surface area is 347 Å². The van der Waals surface area contributed by atoms with Gasteiger partial charge in [-0.15, -0.1) is 0 Å². The monoisotopic (exact) mass is 832 g/mol. The first-order valence-corrected chi connectivity index (χ1v) is 22.1. The van der Waals surface area contributed by atoms with Gasteiger partial charge in [-0.3, -0.25) is 9.44 Å². The number of methoxy groups -OCH3 is 1. The number of ether oxygens (including phenoxy) is 1. The summed E-state index contributed by atoms with van der Waals surface area (Å²) in [7, 11) is -5.97. The second kappa shape index (κ2) is 20.4. The number of hydrogen-bond donors (Lipinski definition) is 3. The minimum atomic E-state index is -3.68. The molecule has 0 saturated heterocycles. The second-order valence-corrected chi connectivity index (χ2v) is 17.3. The van der Waals surface area contributed by atoms with Crippen LogP contribution in [-0.4, -0.2) is 41.0 Å². The van der Waals surface area contributed by atoms with Crippen LogP contribution in [0.3, 0.4) is 0 Å². The van der Waals surface area contributed by atoms with Crippen LogP contribution in [0.2, 0.25) is 0 Å². The molecule has 0 saturated carbocycles. The van der Waals surface area contributed by atoms with Gasteiger partial charge >= 0.3 is 11.9 Å². The zero-order valence-corrected chi connectivity index (χ0v) is 34.9. The highest BCUT2D eigenvalue weighted by Crippen LogP contribution is 2.25. The van der Waals surface area contributed by atoms with Gasteiger partial charge in [0.2, 0.25) is 0 Å². The van der Waals surface area contributed by atoms with Crippen molar-refractivity contribution in [1.29, 1.82) is 0 Å². The summed E-state index contributed by atoms with van der Waals surface area (Å²) in [6.07, 6.45) is 4.04. The number of hydrogen-bond acceptors (Lipinski definition) is 7. The number of anilines is 2. The zero-order valence-electron chi connectivity index (χ0n) is 33.2. The summed E-state index contributed by atoms with van der Waals surface area (Å²) in [5.41, 5.74) is 7.44. The zero-order chi connectivity index (χ0) is 42.4. The maximum Gasteiger partial charge on any atom is 0.338 e. The van der Waals surface area contributed by atoms with Crippen molar-refractivity contribution in [3.63, 3.8) is 0 Å². The number of benzene rings is 6.